The van der Waals surface area contributed by atoms with Crippen LogP contribution in [0.4, 0.5) is 4.39 Å². The molecule has 0 saturated carbocycles. The lowest BCUT2D eigenvalue weighted by Crippen LogP contribution is -2.00. The van der Waals surface area contributed by atoms with E-state index in [9.17, 15) is 4.39 Å². The summed E-state index contributed by atoms with van der Waals surface area (Å²) in [6.07, 6.45) is 0.156. The minimum absolute atomic E-state index is 0.0803. The fourth-order valence-corrected chi connectivity index (χ4v) is 1.46. The number of methoxy groups -OCH3 is 2. The number of hydrogen-bond acceptors (Lipinski definition) is 3. The Morgan fingerprint density at radius 1 is 1.33 bits per heavy atom. The number of ether oxygens (including phenoxy) is 2. The second kappa shape index (κ2) is 4.65. The van der Waals surface area contributed by atoms with E-state index in [1.807, 2.05) is 6.07 Å². The van der Waals surface area contributed by atoms with Crippen molar-refractivity contribution >= 4 is 0 Å². The monoisotopic (exact) mass is 209 g/mol. The van der Waals surface area contributed by atoms with Crippen LogP contribution >= 0.6 is 0 Å². The second-order valence-corrected chi connectivity index (χ2v) is 3.04. The van der Waals surface area contributed by atoms with Gasteiger partial charge in [0.2, 0.25) is 0 Å². The van der Waals surface area contributed by atoms with Gasteiger partial charge in [0.05, 0.1) is 26.7 Å². The van der Waals surface area contributed by atoms with E-state index in [0.29, 0.717) is 11.3 Å². The van der Waals surface area contributed by atoms with Crippen LogP contribution in [-0.4, -0.2) is 14.2 Å². The van der Waals surface area contributed by atoms with Gasteiger partial charge in [-0.3, -0.25) is 0 Å². The summed E-state index contributed by atoms with van der Waals surface area (Å²) in [6.45, 7) is 1.77. The molecule has 3 nitrogen and oxygen atoms in total. The number of halogens is 1. The van der Waals surface area contributed by atoms with Crippen LogP contribution in [-0.2, 0) is 6.42 Å². The number of hydrogen-bond donors (Lipinski definition) is 0. The van der Waals surface area contributed by atoms with E-state index >= 15 is 0 Å². The van der Waals surface area contributed by atoms with E-state index in [4.69, 9.17) is 14.7 Å². The van der Waals surface area contributed by atoms with E-state index in [-0.39, 0.29) is 12.2 Å². The maximum absolute atomic E-state index is 13.5. The van der Waals surface area contributed by atoms with Crippen molar-refractivity contribution in [1.29, 1.82) is 5.26 Å². The van der Waals surface area contributed by atoms with Gasteiger partial charge in [-0.05, 0) is 24.1 Å². The molecule has 1 aromatic rings. The van der Waals surface area contributed by atoms with Gasteiger partial charge in [0.1, 0.15) is 0 Å². The zero-order chi connectivity index (χ0) is 11.4. The van der Waals surface area contributed by atoms with Crippen LogP contribution in [0.5, 0.6) is 11.5 Å². The molecular formula is C11H12FNO2. The van der Waals surface area contributed by atoms with Crippen molar-refractivity contribution in [2.75, 3.05) is 14.2 Å². The molecule has 0 radical (unpaired) electrons. The molecule has 0 fully saturated rings. The van der Waals surface area contributed by atoms with Crippen molar-refractivity contribution in [3.05, 3.63) is 23.0 Å². The number of rotatable bonds is 3. The fourth-order valence-electron chi connectivity index (χ4n) is 1.46. The minimum Gasteiger partial charge on any atom is -0.492 e. The van der Waals surface area contributed by atoms with E-state index < -0.39 is 5.82 Å². The number of benzene rings is 1. The molecule has 15 heavy (non-hydrogen) atoms. The first-order chi connectivity index (χ1) is 7.15. The smallest absolute Gasteiger partial charge is 0.197 e. The van der Waals surface area contributed by atoms with Crippen molar-refractivity contribution in [1.82, 2.24) is 0 Å². The zero-order valence-corrected chi connectivity index (χ0v) is 8.93. The molecular weight excluding hydrogens is 197 g/mol. The van der Waals surface area contributed by atoms with Crippen LogP contribution in [0.3, 0.4) is 0 Å². The summed E-state index contributed by atoms with van der Waals surface area (Å²) in [5, 5.41) is 8.58. The molecule has 0 heterocycles. The minimum atomic E-state index is -0.509. The third-order valence-corrected chi connectivity index (χ3v) is 2.22. The summed E-state index contributed by atoms with van der Waals surface area (Å²) in [4.78, 5) is 0. The zero-order valence-electron chi connectivity index (χ0n) is 8.93. The summed E-state index contributed by atoms with van der Waals surface area (Å²) < 4.78 is 23.4. The maximum atomic E-state index is 13.5. The van der Waals surface area contributed by atoms with Gasteiger partial charge in [-0.15, -0.1) is 0 Å². The molecule has 0 spiro atoms. The van der Waals surface area contributed by atoms with Crippen molar-refractivity contribution in [3.8, 4) is 17.6 Å². The van der Waals surface area contributed by atoms with Gasteiger partial charge in [0.15, 0.2) is 17.3 Å². The van der Waals surface area contributed by atoms with Crippen LogP contribution in [0.2, 0.25) is 0 Å². The topological polar surface area (TPSA) is 42.2 Å². The fraction of sp³-hybridized carbons (Fsp3) is 0.364. The van der Waals surface area contributed by atoms with E-state index in [2.05, 4.69) is 0 Å². The maximum Gasteiger partial charge on any atom is 0.197 e. The molecule has 80 valence electrons. The normalized spacial score (nSPS) is 9.53. The third kappa shape index (κ3) is 2.01. The molecule has 0 amide bonds. The highest BCUT2D eigenvalue weighted by Gasteiger charge is 2.16. The predicted molar refractivity (Wildman–Crippen MR) is 53.6 cm³/mol. The van der Waals surface area contributed by atoms with Crippen LogP contribution < -0.4 is 9.47 Å². The molecule has 1 aromatic carbocycles. The lowest BCUT2D eigenvalue weighted by molar-refractivity contribution is 0.335. The van der Waals surface area contributed by atoms with E-state index in [0.717, 1.165) is 5.56 Å². The van der Waals surface area contributed by atoms with Crippen LogP contribution in [0.25, 0.3) is 0 Å². The standard InChI is InChI=1S/C11H12FNO2/c1-7-8(4-5-13)6-9(12)11(15-3)10(7)14-2/h6H,4H2,1-3H3. The Morgan fingerprint density at radius 3 is 2.40 bits per heavy atom. The molecule has 0 aromatic heterocycles. The van der Waals surface area contributed by atoms with E-state index in [1.165, 1.54) is 20.3 Å². The van der Waals surface area contributed by atoms with Crippen LogP contribution in [0, 0.1) is 24.1 Å². The molecule has 0 aliphatic carbocycles. The quantitative estimate of drug-likeness (QED) is 0.766. The Labute approximate surface area is 88.0 Å². The Morgan fingerprint density at radius 2 is 1.93 bits per heavy atom. The average Bonchev–Trinajstić information content (AvgIpc) is 2.22. The summed E-state index contributed by atoms with van der Waals surface area (Å²) in [5.41, 5.74) is 1.35. The van der Waals surface area contributed by atoms with Gasteiger partial charge in [-0.1, -0.05) is 0 Å². The van der Waals surface area contributed by atoms with Gasteiger partial charge in [0.25, 0.3) is 0 Å². The molecule has 0 aliphatic heterocycles. The van der Waals surface area contributed by atoms with Crippen LogP contribution in [0.1, 0.15) is 11.1 Å². The molecule has 1 rings (SSSR count). The average molecular weight is 209 g/mol. The first-order valence-corrected chi connectivity index (χ1v) is 4.42. The Balaban J connectivity index is 3.38. The van der Waals surface area contributed by atoms with Gasteiger partial charge >= 0.3 is 0 Å². The first-order valence-electron chi connectivity index (χ1n) is 4.42. The Hall–Kier alpha value is -1.76. The molecule has 0 atom stereocenters. The predicted octanol–water partition coefficient (Wildman–Crippen LogP) is 2.22. The van der Waals surface area contributed by atoms with Gasteiger partial charge < -0.3 is 9.47 Å². The largest absolute Gasteiger partial charge is 0.492 e. The summed E-state index contributed by atoms with van der Waals surface area (Å²) >= 11 is 0. The summed E-state index contributed by atoms with van der Waals surface area (Å²) in [7, 11) is 2.82. The third-order valence-electron chi connectivity index (χ3n) is 2.22. The van der Waals surface area contributed by atoms with Crippen LogP contribution in [0.15, 0.2) is 6.07 Å². The lowest BCUT2D eigenvalue weighted by atomic mass is 10.0. The molecule has 0 saturated heterocycles. The first kappa shape index (κ1) is 11.3. The van der Waals surface area contributed by atoms with E-state index in [1.54, 1.807) is 6.92 Å². The van der Waals surface area contributed by atoms with Crippen molar-refractivity contribution < 1.29 is 13.9 Å². The van der Waals surface area contributed by atoms with Gasteiger partial charge in [-0.2, -0.15) is 5.26 Å². The molecule has 4 heteroatoms. The molecule has 0 aliphatic rings. The lowest BCUT2D eigenvalue weighted by Gasteiger charge is -2.13. The molecule has 0 bridgehead atoms. The van der Waals surface area contributed by atoms with Crippen molar-refractivity contribution in [2.24, 2.45) is 0 Å². The second-order valence-electron chi connectivity index (χ2n) is 3.04. The van der Waals surface area contributed by atoms with Crippen molar-refractivity contribution in [2.45, 2.75) is 13.3 Å². The highest BCUT2D eigenvalue weighted by Crippen LogP contribution is 2.35. The highest BCUT2D eigenvalue weighted by molar-refractivity contribution is 5.51. The van der Waals surface area contributed by atoms with Gasteiger partial charge in [-0.25, -0.2) is 4.39 Å². The Bertz CT molecular complexity index is 410. The summed E-state index contributed by atoms with van der Waals surface area (Å²) in [6, 6.07) is 3.28. The van der Waals surface area contributed by atoms with Gasteiger partial charge in [0, 0.05) is 0 Å². The highest BCUT2D eigenvalue weighted by atomic mass is 19.1. The molecule has 0 N–H and O–H groups in total. The SMILES string of the molecule is COc1c(F)cc(CC#N)c(C)c1OC. The number of nitriles is 1. The summed E-state index contributed by atoms with van der Waals surface area (Å²) in [5.74, 6) is -0.0790. The Kier molecular flexibility index (Phi) is 3.51. The molecule has 0 unspecified atom stereocenters. The van der Waals surface area contributed by atoms with Crippen molar-refractivity contribution in [3.63, 3.8) is 0 Å². The number of nitrogens with zero attached hydrogens (tertiary/aromatic N) is 1.